The molecule has 0 aliphatic carbocycles. The second-order valence-corrected chi connectivity index (χ2v) is 9.03. The van der Waals surface area contributed by atoms with Gasteiger partial charge in [-0.1, -0.05) is 42.5 Å². The van der Waals surface area contributed by atoms with Gasteiger partial charge in [-0.25, -0.2) is 0 Å². The third-order valence-electron chi connectivity index (χ3n) is 5.82. The summed E-state index contributed by atoms with van der Waals surface area (Å²) in [7, 11) is 0. The number of nitro groups is 1. The van der Waals surface area contributed by atoms with Gasteiger partial charge in [0, 0.05) is 31.5 Å². The first-order valence-corrected chi connectivity index (χ1v) is 12.4. The van der Waals surface area contributed by atoms with Gasteiger partial charge < -0.3 is 32.5 Å². The maximum Gasteiger partial charge on any atom is 0.269 e. The van der Waals surface area contributed by atoms with E-state index in [-0.39, 0.29) is 31.0 Å². The number of benzene rings is 2. The van der Waals surface area contributed by atoms with Crippen LogP contribution in [0, 0.1) is 10.1 Å². The van der Waals surface area contributed by atoms with Crippen molar-refractivity contribution in [3.8, 4) is 0 Å². The summed E-state index contributed by atoms with van der Waals surface area (Å²) < 4.78 is 0. The third-order valence-corrected chi connectivity index (χ3v) is 5.82. The van der Waals surface area contributed by atoms with Crippen molar-refractivity contribution in [3.05, 3.63) is 75.8 Å². The summed E-state index contributed by atoms with van der Waals surface area (Å²) in [6.07, 6.45) is -0.911. The monoisotopic (exact) mass is 541 g/mol. The van der Waals surface area contributed by atoms with E-state index in [2.05, 4.69) is 20.9 Å². The Morgan fingerprint density at radius 2 is 1.62 bits per heavy atom. The zero-order valence-corrected chi connectivity index (χ0v) is 21.9. The molecule has 0 saturated carbocycles. The van der Waals surface area contributed by atoms with Crippen molar-refractivity contribution in [3.63, 3.8) is 0 Å². The summed E-state index contributed by atoms with van der Waals surface area (Å²) in [6.45, 7) is 3.36. The van der Waals surface area contributed by atoms with Crippen molar-refractivity contribution in [2.45, 2.75) is 57.3 Å². The predicted molar refractivity (Wildman–Crippen MR) is 145 cm³/mol. The summed E-state index contributed by atoms with van der Waals surface area (Å²) in [6, 6.07) is 11.9. The lowest BCUT2D eigenvalue weighted by Crippen LogP contribution is -2.57. The zero-order chi connectivity index (χ0) is 28.9. The summed E-state index contributed by atoms with van der Waals surface area (Å²) in [5.41, 5.74) is 11.8. The van der Waals surface area contributed by atoms with Gasteiger partial charge in [0.15, 0.2) is 5.96 Å². The highest BCUT2D eigenvalue weighted by Gasteiger charge is 2.30. The molecule has 0 heterocycles. The van der Waals surface area contributed by atoms with Crippen molar-refractivity contribution in [2.24, 2.45) is 16.5 Å². The minimum atomic E-state index is -1.30. The lowest BCUT2D eigenvalue weighted by Gasteiger charge is -2.26. The van der Waals surface area contributed by atoms with Gasteiger partial charge >= 0.3 is 0 Å². The summed E-state index contributed by atoms with van der Waals surface area (Å²) in [5, 5.41) is 29.2. The van der Waals surface area contributed by atoms with Gasteiger partial charge in [0.25, 0.3) is 5.69 Å². The van der Waals surface area contributed by atoms with E-state index in [1.807, 2.05) is 30.3 Å². The van der Waals surface area contributed by atoms with Crippen LogP contribution in [-0.4, -0.2) is 58.4 Å². The number of hydrogen-bond donors (Lipinski definition) is 6. The molecule has 13 heteroatoms. The molecule has 0 saturated heterocycles. The second-order valence-electron chi connectivity index (χ2n) is 9.03. The van der Waals surface area contributed by atoms with Gasteiger partial charge in [-0.15, -0.1) is 0 Å². The molecule has 13 nitrogen and oxygen atoms in total. The summed E-state index contributed by atoms with van der Waals surface area (Å²) >= 11 is 0. The molecule has 2 rings (SSSR count). The number of carbonyl (C=O) groups is 3. The molecular formula is C26H35N7O6. The molecule has 0 spiro atoms. The zero-order valence-electron chi connectivity index (χ0n) is 21.9. The predicted octanol–water partition coefficient (Wildman–Crippen LogP) is 0.419. The van der Waals surface area contributed by atoms with Crippen molar-refractivity contribution in [1.82, 2.24) is 16.0 Å². The Hall–Kier alpha value is -4.52. The highest BCUT2D eigenvalue weighted by Crippen LogP contribution is 2.14. The lowest BCUT2D eigenvalue weighted by molar-refractivity contribution is -0.384. The Bertz CT molecular complexity index is 1150. The molecule has 2 aromatic carbocycles. The minimum Gasteiger partial charge on any atom is -0.391 e. The van der Waals surface area contributed by atoms with Gasteiger partial charge in [0.05, 0.1) is 17.1 Å². The molecule has 0 radical (unpaired) electrons. The number of guanidine groups is 1. The average Bonchev–Trinajstić information content (AvgIpc) is 2.89. The van der Waals surface area contributed by atoms with Crippen LogP contribution in [0.4, 0.5) is 5.69 Å². The molecule has 3 amide bonds. The number of hydrogen-bond acceptors (Lipinski definition) is 7. The summed E-state index contributed by atoms with van der Waals surface area (Å²) in [4.78, 5) is 53.0. The number of nitrogens with zero attached hydrogens (tertiary/aromatic N) is 2. The number of carbonyl (C=O) groups excluding carboxylic acids is 3. The van der Waals surface area contributed by atoms with E-state index in [1.54, 1.807) is 6.92 Å². The topological polar surface area (TPSA) is 215 Å². The van der Waals surface area contributed by atoms with Crippen LogP contribution in [0.1, 0.15) is 43.9 Å². The number of amides is 3. The Labute approximate surface area is 226 Å². The van der Waals surface area contributed by atoms with Crippen LogP contribution in [-0.2, 0) is 20.8 Å². The largest absolute Gasteiger partial charge is 0.391 e. The number of rotatable bonds is 14. The Morgan fingerprint density at radius 1 is 0.974 bits per heavy atom. The molecule has 4 atom stereocenters. The summed E-state index contributed by atoms with van der Waals surface area (Å²) in [5.74, 6) is -1.87. The first-order chi connectivity index (χ1) is 18.5. The van der Waals surface area contributed by atoms with Crippen LogP contribution in [0.15, 0.2) is 59.6 Å². The molecule has 0 aromatic heterocycles. The normalized spacial score (nSPS) is 13.7. The van der Waals surface area contributed by atoms with Crippen LogP contribution in [0.3, 0.4) is 0 Å². The number of aliphatic hydroxyl groups is 1. The highest BCUT2D eigenvalue weighted by atomic mass is 16.6. The minimum absolute atomic E-state index is 0.0158. The van der Waals surface area contributed by atoms with E-state index < -0.39 is 46.9 Å². The SMILES string of the molecule is CC(O)[C@H](NC(=O)[C@H](Cc1ccc([N+](=O)[O-])cc1)NC(=O)CCCN=C(N)N)C(=O)N[C@@H](C)c1ccccc1. The number of aliphatic hydroxyl groups excluding tert-OH is 1. The first-order valence-electron chi connectivity index (χ1n) is 12.4. The molecular weight excluding hydrogens is 506 g/mol. The fourth-order valence-corrected chi connectivity index (χ4v) is 3.70. The molecule has 0 aliphatic rings. The van der Waals surface area contributed by atoms with E-state index >= 15 is 0 Å². The van der Waals surface area contributed by atoms with Crippen LogP contribution < -0.4 is 27.4 Å². The maximum atomic E-state index is 13.3. The van der Waals surface area contributed by atoms with Crippen molar-refractivity contribution in [2.75, 3.05) is 6.54 Å². The van der Waals surface area contributed by atoms with Gasteiger partial charge in [-0.05, 0) is 31.4 Å². The molecule has 0 fully saturated rings. The lowest BCUT2D eigenvalue weighted by atomic mass is 10.0. The van der Waals surface area contributed by atoms with E-state index in [1.165, 1.54) is 31.2 Å². The van der Waals surface area contributed by atoms with Gasteiger partial charge in [-0.2, -0.15) is 0 Å². The third kappa shape index (κ3) is 10.4. The number of aliphatic imine (C=N–C) groups is 1. The number of nitrogens with two attached hydrogens (primary N) is 2. The van der Waals surface area contributed by atoms with E-state index in [0.717, 1.165) is 5.56 Å². The fourth-order valence-electron chi connectivity index (χ4n) is 3.70. The van der Waals surface area contributed by atoms with Gasteiger partial charge in [0.2, 0.25) is 17.7 Å². The van der Waals surface area contributed by atoms with Crippen LogP contribution in [0.5, 0.6) is 0 Å². The Kier molecular flexibility index (Phi) is 11.8. The molecule has 39 heavy (non-hydrogen) atoms. The maximum absolute atomic E-state index is 13.3. The van der Waals surface area contributed by atoms with Crippen molar-refractivity contribution < 1.29 is 24.4 Å². The molecule has 0 aliphatic heterocycles. The number of nitro benzene ring substituents is 1. The van der Waals surface area contributed by atoms with E-state index in [4.69, 9.17) is 11.5 Å². The first kappa shape index (κ1) is 30.7. The molecule has 1 unspecified atom stereocenters. The Morgan fingerprint density at radius 3 is 2.18 bits per heavy atom. The highest BCUT2D eigenvalue weighted by molar-refractivity contribution is 5.92. The number of non-ortho nitro benzene ring substituents is 1. The smallest absolute Gasteiger partial charge is 0.269 e. The molecule has 2 aromatic rings. The number of nitrogens with one attached hydrogen (secondary N) is 3. The average molecular weight is 542 g/mol. The van der Waals surface area contributed by atoms with Crippen LogP contribution in [0.2, 0.25) is 0 Å². The van der Waals surface area contributed by atoms with E-state index in [9.17, 15) is 29.6 Å². The van der Waals surface area contributed by atoms with Gasteiger partial charge in [-0.3, -0.25) is 29.5 Å². The molecule has 210 valence electrons. The van der Waals surface area contributed by atoms with Crippen LogP contribution >= 0.6 is 0 Å². The van der Waals surface area contributed by atoms with Crippen molar-refractivity contribution in [1.29, 1.82) is 0 Å². The van der Waals surface area contributed by atoms with Gasteiger partial charge in [0.1, 0.15) is 12.1 Å². The fraction of sp³-hybridized carbons (Fsp3) is 0.385. The Balaban J connectivity index is 2.16. The quantitative estimate of drug-likeness (QED) is 0.0646. The molecule has 0 bridgehead atoms. The van der Waals surface area contributed by atoms with Crippen LogP contribution in [0.25, 0.3) is 0 Å². The molecule has 8 N–H and O–H groups in total. The second kappa shape index (κ2) is 15.0. The van der Waals surface area contributed by atoms with Crippen molar-refractivity contribution >= 4 is 29.4 Å². The standard InChI is InChI=1S/C26H35N7O6/c1-16(19-7-4-3-5-8-19)30-25(37)23(17(2)34)32-24(36)21(31-22(35)9-6-14-29-26(27)28)15-18-10-12-20(13-11-18)33(38)39/h3-5,7-8,10-13,16-17,21,23,34H,6,9,14-15H2,1-2H3,(H,30,37)(H,31,35)(H,32,36)(H4,27,28,29)/t16-,17?,21-,23-/m0/s1. The van der Waals surface area contributed by atoms with E-state index in [0.29, 0.717) is 12.0 Å².